The van der Waals surface area contributed by atoms with Gasteiger partial charge < -0.3 is 5.73 Å². The van der Waals surface area contributed by atoms with Crippen LogP contribution in [0.3, 0.4) is 0 Å². The molecule has 0 saturated heterocycles. The molecular formula is C11H10N2O2. The molecule has 0 fully saturated rings. The van der Waals surface area contributed by atoms with E-state index < -0.39 is 5.91 Å². The van der Waals surface area contributed by atoms with Gasteiger partial charge in [-0.2, -0.15) is 0 Å². The Labute approximate surface area is 86.3 Å². The number of hydrogen-bond acceptors (Lipinski definition) is 2. The van der Waals surface area contributed by atoms with Crippen LogP contribution >= 0.6 is 0 Å². The molecule has 0 atom stereocenters. The van der Waals surface area contributed by atoms with Gasteiger partial charge in [-0.25, -0.2) is 0 Å². The number of carbonyl (C=O) groups is 2. The van der Waals surface area contributed by atoms with Gasteiger partial charge in [0.25, 0.3) is 5.91 Å². The molecule has 76 valence electrons. The monoisotopic (exact) mass is 202 g/mol. The predicted molar refractivity (Wildman–Crippen MR) is 56.8 cm³/mol. The van der Waals surface area contributed by atoms with Crippen molar-refractivity contribution >= 4 is 22.7 Å². The number of carbonyl (C=O) groups excluding carboxylic acids is 2. The normalized spacial score (nSPS) is 10.5. The topological polar surface area (TPSA) is 65.1 Å². The summed E-state index contributed by atoms with van der Waals surface area (Å²) in [6.45, 7) is 1.44. The van der Waals surface area contributed by atoms with E-state index in [1.807, 2.05) is 6.07 Å². The molecule has 1 amide bonds. The zero-order chi connectivity index (χ0) is 11.0. The molecule has 0 unspecified atom stereocenters. The van der Waals surface area contributed by atoms with Crippen LogP contribution in [-0.2, 0) is 0 Å². The fourth-order valence-corrected chi connectivity index (χ4v) is 1.66. The van der Waals surface area contributed by atoms with E-state index in [-0.39, 0.29) is 5.91 Å². The van der Waals surface area contributed by atoms with Crippen molar-refractivity contribution in [3.05, 3.63) is 36.0 Å². The SMILES string of the molecule is CC(=O)n1ccc2cccc(C(N)=O)c21. The quantitative estimate of drug-likeness (QED) is 0.759. The Hall–Kier alpha value is -2.10. The van der Waals surface area contributed by atoms with E-state index in [0.717, 1.165) is 5.39 Å². The molecule has 1 heterocycles. The second-order valence-electron chi connectivity index (χ2n) is 3.31. The molecule has 4 nitrogen and oxygen atoms in total. The van der Waals surface area contributed by atoms with Gasteiger partial charge in [0.15, 0.2) is 0 Å². The molecule has 0 spiro atoms. The van der Waals surface area contributed by atoms with E-state index in [1.54, 1.807) is 24.4 Å². The van der Waals surface area contributed by atoms with Gasteiger partial charge in [-0.1, -0.05) is 12.1 Å². The van der Waals surface area contributed by atoms with E-state index in [1.165, 1.54) is 11.5 Å². The maximum absolute atomic E-state index is 11.3. The number of benzene rings is 1. The molecule has 0 aliphatic carbocycles. The Balaban J connectivity index is 2.86. The van der Waals surface area contributed by atoms with Gasteiger partial charge in [0, 0.05) is 18.5 Å². The van der Waals surface area contributed by atoms with Crippen LogP contribution in [0.25, 0.3) is 10.9 Å². The van der Waals surface area contributed by atoms with Crippen LogP contribution in [0.2, 0.25) is 0 Å². The molecule has 2 N–H and O–H groups in total. The average molecular weight is 202 g/mol. The number of nitrogens with zero attached hydrogens (tertiary/aromatic N) is 1. The van der Waals surface area contributed by atoms with Crippen molar-refractivity contribution in [2.75, 3.05) is 0 Å². The summed E-state index contributed by atoms with van der Waals surface area (Å²) in [6.07, 6.45) is 1.64. The summed E-state index contributed by atoms with van der Waals surface area (Å²) in [7, 11) is 0. The van der Waals surface area contributed by atoms with Crippen LogP contribution in [0.1, 0.15) is 22.1 Å². The summed E-state index contributed by atoms with van der Waals surface area (Å²) in [4.78, 5) is 22.5. The van der Waals surface area contributed by atoms with Crippen molar-refractivity contribution < 1.29 is 9.59 Å². The van der Waals surface area contributed by atoms with Crippen LogP contribution in [0.5, 0.6) is 0 Å². The zero-order valence-corrected chi connectivity index (χ0v) is 8.23. The third-order valence-corrected chi connectivity index (χ3v) is 2.32. The highest BCUT2D eigenvalue weighted by atomic mass is 16.2. The lowest BCUT2D eigenvalue weighted by atomic mass is 10.1. The molecule has 15 heavy (non-hydrogen) atoms. The van der Waals surface area contributed by atoms with Gasteiger partial charge in [-0.15, -0.1) is 0 Å². The number of hydrogen-bond donors (Lipinski definition) is 1. The van der Waals surface area contributed by atoms with E-state index >= 15 is 0 Å². The fraction of sp³-hybridized carbons (Fsp3) is 0.0909. The van der Waals surface area contributed by atoms with Crippen LogP contribution < -0.4 is 5.73 Å². The maximum Gasteiger partial charge on any atom is 0.250 e. The minimum atomic E-state index is -0.526. The van der Waals surface area contributed by atoms with Crippen LogP contribution in [0.4, 0.5) is 0 Å². The summed E-state index contributed by atoms with van der Waals surface area (Å²) in [5.41, 5.74) is 6.19. The largest absolute Gasteiger partial charge is 0.366 e. The van der Waals surface area contributed by atoms with Crippen LogP contribution in [0, 0.1) is 0 Å². The Morgan fingerprint density at radius 3 is 2.60 bits per heavy atom. The van der Waals surface area contributed by atoms with Crippen molar-refractivity contribution in [2.24, 2.45) is 5.73 Å². The Kier molecular flexibility index (Phi) is 2.04. The molecule has 1 aromatic carbocycles. The highest BCUT2D eigenvalue weighted by Crippen LogP contribution is 2.19. The van der Waals surface area contributed by atoms with Gasteiger partial charge in [-0.3, -0.25) is 14.2 Å². The van der Waals surface area contributed by atoms with Crippen molar-refractivity contribution in [3.8, 4) is 0 Å². The molecule has 2 rings (SSSR count). The van der Waals surface area contributed by atoms with Gasteiger partial charge >= 0.3 is 0 Å². The predicted octanol–water partition coefficient (Wildman–Crippen LogP) is 1.40. The number of para-hydroxylation sites is 1. The van der Waals surface area contributed by atoms with E-state index in [0.29, 0.717) is 11.1 Å². The number of aromatic nitrogens is 1. The molecule has 4 heteroatoms. The molecule has 0 aliphatic heterocycles. The number of nitrogens with two attached hydrogens (primary N) is 1. The smallest absolute Gasteiger partial charge is 0.250 e. The van der Waals surface area contributed by atoms with Crippen molar-refractivity contribution in [1.29, 1.82) is 0 Å². The standard InChI is InChI=1S/C11H10N2O2/c1-7(14)13-6-5-8-3-2-4-9(10(8)13)11(12)15/h2-6H,1H3,(H2,12,15). The zero-order valence-electron chi connectivity index (χ0n) is 8.23. The summed E-state index contributed by atoms with van der Waals surface area (Å²) >= 11 is 0. The fourth-order valence-electron chi connectivity index (χ4n) is 1.66. The van der Waals surface area contributed by atoms with Gasteiger partial charge in [0.1, 0.15) is 0 Å². The molecule has 0 bridgehead atoms. The summed E-state index contributed by atoms with van der Waals surface area (Å²) in [5.74, 6) is -0.666. The van der Waals surface area contributed by atoms with Crippen molar-refractivity contribution in [3.63, 3.8) is 0 Å². The first kappa shape index (κ1) is 9.45. The summed E-state index contributed by atoms with van der Waals surface area (Å²) in [5, 5.41) is 0.835. The molecule has 0 aliphatic rings. The second-order valence-corrected chi connectivity index (χ2v) is 3.31. The van der Waals surface area contributed by atoms with Crippen LogP contribution in [0.15, 0.2) is 30.5 Å². The summed E-state index contributed by atoms with van der Waals surface area (Å²) < 4.78 is 1.43. The third-order valence-electron chi connectivity index (χ3n) is 2.32. The van der Waals surface area contributed by atoms with E-state index in [2.05, 4.69) is 0 Å². The Morgan fingerprint density at radius 1 is 1.27 bits per heavy atom. The molecule has 0 saturated carbocycles. The van der Waals surface area contributed by atoms with Gasteiger partial charge in [0.05, 0.1) is 11.1 Å². The Morgan fingerprint density at radius 2 is 2.00 bits per heavy atom. The first-order valence-electron chi connectivity index (χ1n) is 4.52. The number of primary amides is 1. The first-order chi connectivity index (χ1) is 7.11. The highest BCUT2D eigenvalue weighted by molar-refractivity contribution is 6.07. The Bertz CT molecular complexity index is 555. The van der Waals surface area contributed by atoms with Crippen molar-refractivity contribution in [2.45, 2.75) is 6.92 Å². The minimum Gasteiger partial charge on any atom is -0.366 e. The lowest BCUT2D eigenvalue weighted by Crippen LogP contribution is -2.14. The second kappa shape index (κ2) is 3.24. The van der Waals surface area contributed by atoms with E-state index in [9.17, 15) is 9.59 Å². The van der Waals surface area contributed by atoms with Gasteiger partial charge in [-0.05, 0) is 12.1 Å². The average Bonchev–Trinajstić information content (AvgIpc) is 2.60. The number of rotatable bonds is 1. The third kappa shape index (κ3) is 1.40. The van der Waals surface area contributed by atoms with E-state index in [4.69, 9.17) is 5.73 Å². The lowest BCUT2D eigenvalue weighted by molar-refractivity contribution is 0.0941. The van der Waals surface area contributed by atoms with Crippen molar-refractivity contribution in [1.82, 2.24) is 4.57 Å². The maximum atomic E-state index is 11.3. The molecule has 1 aromatic heterocycles. The minimum absolute atomic E-state index is 0.140. The number of amides is 1. The van der Waals surface area contributed by atoms with Gasteiger partial charge in [0.2, 0.25) is 5.91 Å². The summed E-state index contributed by atoms with van der Waals surface area (Å²) in [6, 6.07) is 6.97. The highest BCUT2D eigenvalue weighted by Gasteiger charge is 2.12. The number of fused-ring (bicyclic) bond motifs is 1. The molecular weight excluding hydrogens is 192 g/mol. The van der Waals surface area contributed by atoms with Crippen LogP contribution in [-0.4, -0.2) is 16.4 Å². The molecule has 2 aromatic rings. The molecule has 0 radical (unpaired) electrons. The lowest BCUT2D eigenvalue weighted by Gasteiger charge is -2.03. The first-order valence-corrected chi connectivity index (χ1v) is 4.52.